The molecule has 2 aromatic carbocycles. The smallest absolute Gasteiger partial charge is 0.339 e. The molecular weight excluding hydrogens is 332 g/mol. The number of carbonyl (C=O) groups is 2. The van der Waals surface area contributed by atoms with Crippen LogP contribution in [-0.2, 0) is 23.0 Å². The normalized spacial score (nSPS) is 15.9. The van der Waals surface area contributed by atoms with Crippen molar-refractivity contribution in [3.05, 3.63) is 66.0 Å². The number of nitrogens with one attached hydrogen (secondary N) is 1. The fraction of sp³-hybridized carbons (Fsp3) is 0.158. The van der Waals surface area contributed by atoms with Crippen molar-refractivity contribution in [2.24, 2.45) is 7.05 Å². The first-order chi connectivity index (χ1) is 12.6. The maximum Gasteiger partial charge on any atom is 0.339 e. The molecule has 0 aliphatic carbocycles. The summed E-state index contributed by atoms with van der Waals surface area (Å²) in [7, 11) is 1.85. The molecule has 130 valence electrons. The highest BCUT2D eigenvalue weighted by atomic mass is 16.5. The lowest BCUT2D eigenvalue weighted by molar-refractivity contribution is -0.125. The second-order valence-corrected chi connectivity index (χ2v) is 6.09. The van der Waals surface area contributed by atoms with Crippen LogP contribution in [0.25, 0.3) is 11.4 Å². The minimum Gasteiger partial charge on any atom is -0.448 e. The molecule has 0 spiro atoms. The number of fused-ring (bicyclic) bond motifs is 1. The van der Waals surface area contributed by atoms with Crippen LogP contribution in [0.1, 0.15) is 15.9 Å². The lowest BCUT2D eigenvalue weighted by Crippen LogP contribution is -2.37. The number of esters is 1. The Morgan fingerprint density at radius 3 is 2.88 bits per heavy atom. The third kappa shape index (κ3) is 2.95. The van der Waals surface area contributed by atoms with Crippen LogP contribution < -0.4 is 5.32 Å². The lowest BCUT2D eigenvalue weighted by atomic mass is 9.98. The van der Waals surface area contributed by atoms with Gasteiger partial charge in [-0.3, -0.25) is 4.79 Å². The summed E-state index contributed by atoms with van der Waals surface area (Å²) in [5.41, 5.74) is 2.76. The van der Waals surface area contributed by atoms with Crippen molar-refractivity contribution in [2.45, 2.75) is 12.5 Å². The molecule has 7 heteroatoms. The zero-order chi connectivity index (χ0) is 18.1. The molecule has 1 atom stereocenters. The minimum atomic E-state index is -0.851. The number of aromatic nitrogens is 3. The van der Waals surface area contributed by atoms with Crippen molar-refractivity contribution in [1.29, 1.82) is 0 Å². The van der Waals surface area contributed by atoms with Gasteiger partial charge in [-0.1, -0.05) is 30.3 Å². The van der Waals surface area contributed by atoms with E-state index >= 15 is 0 Å². The molecule has 1 aliphatic rings. The van der Waals surface area contributed by atoms with Gasteiger partial charge in [-0.15, -0.1) is 10.2 Å². The number of ether oxygens (including phenoxy) is 1. The Hall–Kier alpha value is -3.48. The zero-order valence-electron chi connectivity index (χ0n) is 14.0. The molecule has 1 N–H and O–H groups in total. The summed E-state index contributed by atoms with van der Waals surface area (Å²) in [6.45, 7) is 0. The summed E-state index contributed by atoms with van der Waals surface area (Å²) in [6.07, 6.45) is 1.12. The van der Waals surface area contributed by atoms with E-state index in [2.05, 4.69) is 15.5 Å². The van der Waals surface area contributed by atoms with E-state index in [-0.39, 0.29) is 5.91 Å². The molecule has 1 amide bonds. The fourth-order valence-corrected chi connectivity index (χ4v) is 2.98. The van der Waals surface area contributed by atoms with Gasteiger partial charge in [0.2, 0.25) is 0 Å². The van der Waals surface area contributed by atoms with Crippen LogP contribution in [0.2, 0.25) is 0 Å². The summed E-state index contributed by atoms with van der Waals surface area (Å²) in [4.78, 5) is 24.6. The first-order valence-corrected chi connectivity index (χ1v) is 8.16. The Balaban J connectivity index is 1.53. The minimum absolute atomic E-state index is 0.358. The van der Waals surface area contributed by atoms with E-state index in [0.29, 0.717) is 23.5 Å². The van der Waals surface area contributed by atoms with Gasteiger partial charge in [-0.25, -0.2) is 4.79 Å². The molecule has 7 nitrogen and oxygen atoms in total. The van der Waals surface area contributed by atoms with E-state index in [4.69, 9.17) is 4.74 Å². The van der Waals surface area contributed by atoms with Gasteiger partial charge in [0, 0.05) is 24.7 Å². The van der Waals surface area contributed by atoms with Gasteiger partial charge in [0.1, 0.15) is 6.33 Å². The quantitative estimate of drug-likeness (QED) is 0.734. The molecule has 3 aromatic rings. The van der Waals surface area contributed by atoms with Crippen molar-refractivity contribution in [3.63, 3.8) is 0 Å². The van der Waals surface area contributed by atoms with Gasteiger partial charge in [0.05, 0.1) is 5.56 Å². The number of amides is 1. The molecule has 26 heavy (non-hydrogen) atoms. The Bertz CT molecular complexity index is 996. The largest absolute Gasteiger partial charge is 0.448 e. The average molecular weight is 348 g/mol. The Kier molecular flexibility index (Phi) is 3.96. The summed E-state index contributed by atoms with van der Waals surface area (Å²) < 4.78 is 7.08. The van der Waals surface area contributed by atoms with E-state index in [9.17, 15) is 9.59 Å². The van der Waals surface area contributed by atoms with E-state index in [1.165, 1.54) is 0 Å². The van der Waals surface area contributed by atoms with Crippen LogP contribution in [0.4, 0.5) is 5.69 Å². The maximum atomic E-state index is 12.6. The van der Waals surface area contributed by atoms with Crippen LogP contribution >= 0.6 is 0 Å². The monoisotopic (exact) mass is 348 g/mol. The van der Waals surface area contributed by atoms with Crippen LogP contribution in [0.5, 0.6) is 0 Å². The number of anilines is 1. The number of cyclic esters (lactones) is 1. The standard InChI is InChI=1S/C19H16N4O3/c1-23-11-20-22-17(23)13-6-4-7-14(9-13)21-18(24)16-10-12-5-2-3-8-15(12)19(25)26-16/h2-9,11,16H,10H2,1H3,(H,21,24). The highest BCUT2D eigenvalue weighted by Gasteiger charge is 2.31. The molecule has 1 unspecified atom stereocenters. The SMILES string of the molecule is Cn1cnnc1-c1cccc(NC(=O)C2Cc3ccccc3C(=O)O2)c1. The number of carbonyl (C=O) groups excluding carboxylic acids is 2. The first kappa shape index (κ1) is 16.0. The Morgan fingerprint density at radius 2 is 2.08 bits per heavy atom. The number of aryl methyl sites for hydroxylation is 1. The molecule has 2 heterocycles. The fourth-order valence-electron chi connectivity index (χ4n) is 2.98. The third-order valence-electron chi connectivity index (χ3n) is 4.28. The van der Waals surface area contributed by atoms with Gasteiger partial charge in [0.25, 0.3) is 5.91 Å². The van der Waals surface area contributed by atoms with Gasteiger partial charge >= 0.3 is 5.97 Å². The van der Waals surface area contributed by atoms with E-state index in [1.54, 1.807) is 35.2 Å². The first-order valence-electron chi connectivity index (χ1n) is 8.16. The van der Waals surface area contributed by atoms with Gasteiger partial charge in [-0.2, -0.15) is 0 Å². The van der Waals surface area contributed by atoms with E-state index < -0.39 is 12.1 Å². The van der Waals surface area contributed by atoms with E-state index in [0.717, 1.165) is 11.1 Å². The average Bonchev–Trinajstić information content (AvgIpc) is 3.08. The zero-order valence-corrected chi connectivity index (χ0v) is 14.0. The molecule has 4 rings (SSSR count). The number of rotatable bonds is 3. The third-order valence-corrected chi connectivity index (χ3v) is 4.28. The van der Waals surface area contributed by atoms with Gasteiger partial charge in [-0.05, 0) is 23.8 Å². The lowest BCUT2D eigenvalue weighted by Gasteiger charge is -2.23. The number of hydrogen-bond donors (Lipinski definition) is 1. The Labute approximate surface area is 149 Å². The van der Waals surface area contributed by atoms with Crippen molar-refractivity contribution in [3.8, 4) is 11.4 Å². The van der Waals surface area contributed by atoms with Gasteiger partial charge < -0.3 is 14.6 Å². The topological polar surface area (TPSA) is 86.1 Å². The van der Waals surface area contributed by atoms with Crippen molar-refractivity contribution < 1.29 is 14.3 Å². The molecular formula is C19H16N4O3. The summed E-state index contributed by atoms with van der Waals surface area (Å²) in [5, 5.41) is 10.7. The predicted molar refractivity (Wildman–Crippen MR) is 94.4 cm³/mol. The van der Waals surface area contributed by atoms with E-state index in [1.807, 2.05) is 31.3 Å². The molecule has 0 radical (unpaired) electrons. The molecule has 0 fully saturated rings. The molecule has 0 saturated carbocycles. The van der Waals surface area contributed by atoms with Crippen LogP contribution in [0.15, 0.2) is 54.9 Å². The number of benzene rings is 2. The molecule has 1 aliphatic heterocycles. The van der Waals surface area contributed by atoms with Gasteiger partial charge in [0.15, 0.2) is 11.9 Å². The molecule has 1 aromatic heterocycles. The molecule has 0 bridgehead atoms. The van der Waals surface area contributed by atoms with Crippen molar-refractivity contribution in [1.82, 2.24) is 14.8 Å². The summed E-state index contributed by atoms with van der Waals surface area (Å²) >= 11 is 0. The second-order valence-electron chi connectivity index (χ2n) is 6.09. The number of nitrogens with zero attached hydrogens (tertiary/aromatic N) is 3. The highest BCUT2D eigenvalue weighted by Crippen LogP contribution is 2.23. The highest BCUT2D eigenvalue weighted by molar-refractivity contribution is 6.00. The summed E-state index contributed by atoms with van der Waals surface area (Å²) in [5.74, 6) is -0.137. The van der Waals surface area contributed by atoms with Crippen LogP contribution in [-0.4, -0.2) is 32.7 Å². The Morgan fingerprint density at radius 1 is 1.23 bits per heavy atom. The summed E-state index contributed by atoms with van der Waals surface area (Å²) in [6, 6.07) is 14.4. The maximum absolute atomic E-state index is 12.6. The second kappa shape index (κ2) is 6.44. The molecule has 0 saturated heterocycles. The van der Waals surface area contributed by atoms with Crippen molar-refractivity contribution >= 4 is 17.6 Å². The van der Waals surface area contributed by atoms with Crippen LogP contribution in [0.3, 0.4) is 0 Å². The van der Waals surface area contributed by atoms with Crippen LogP contribution in [0, 0.1) is 0 Å². The van der Waals surface area contributed by atoms with Crippen molar-refractivity contribution in [2.75, 3.05) is 5.32 Å². The predicted octanol–water partition coefficient (Wildman–Crippen LogP) is 2.20. The number of hydrogen-bond acceptors (Lipinski definition) is 5.